The highest BCUT2D eigenvalue weighted by Gasteiger charge is 2.14. The van der Waals surface area contributed by atoms with Crippen molar-refractivity contribution in [2.24, 2.45) is 0 Å². The summed E-state index contributed by atoms with van der Waals surface area (Å²) in [4.78, 5) is 27.9. The van der Waals surface area contributed by atoms with Crippen molar-refractivity contribution in [1.82, 2.24) is 0 Å². The van der Waals surface area contributed by atoms with Gasteiger partial charge in [-0.3, -0.25) is 4.57 Å². The van der Waals surface area contributed by atoms with Crippen LogP contribution in [0.1, 0.15) is 5.56 Å². The topological polar surface area (TPSA) is 83.8 Å². The second kappa shape index (κ2) is 5.61. The number of benzene rings is 1. The number of hydrogen-bond donors (Lipinski definition) is 2. The summed E-state index contributed by atoms with van der Waals surface area (Å²) in [6, 6.07) is 9.02. The van der Waals surface area contributed by atoms with Gasteiger partial charge in [-0.1, -0.05) is 30.3 Å². The molecule has 5 nitrogen and oxygen atoms in total. The molecule has 0 aliphatic carbocycles. The average molecular weight is 242 g/mol. The van der Waals surface area contributed by atoms with Crippen molar-refractivity contribution in [3.05, 3.63) is 42.0 Å². The summed E-state index contributed by atoms with van der Waals surface area (Å²) in [6.45, 7) is 0. The van der Waals surface area contributed by atoms with E-state index in [2.05, 4.69) is 4.74 Å². The Balaban J connectivity index is 2.46. The van der Waals surface area contributed by atoms with Crippen LogP contribution >= 0.6 is 7.60 Å². The van der Waals surface area contributed by atoms with Gasteiger partial charge in [-0.2, -0.15) is 0 Å². The van der Waals surface area contributed by atoms with Crippen LogP contribution in [0.5, 0.6) is 0 Å². The predicted octanol–water partition coefficient (Wildman–Crippen LogP) is 1.38. The fraction of sp³-hybridized carbons (Fsp3) is 0.100. The molecule has 0 bridgehead atoms. The van der Waals surface area contributed by atoms with Crippen molar-refractivity contribution >= 4 is 19.6 Å². The van der Waals surface area contributed by atoms with Crippen LogP contribution in [0, 0.1) is 0 Å². The van der Waals surface area contributed by atoms with E-state index in [1.54, 1.807) is 24.3 Å². The van der Waals surface area contributed by atoms with Gasteiger partial charge < -0.3 is 14.5 Å². The van der Waals surface area contributed by atoms with Crippen LogP contribution in [0.2, 0.25) is 0 Å². The Bertz CT molecular complexity index is 420. The lowest BCUT2D eigenvalue weighted by molar-refractivity contribution is -0.136. The smallest absolute Gasteiger partial charge is 0.362 e. The summed E-state index contributed by atoms with van der Waals surface area (Å²) in [7, 11) is -4.29. The fourth-order valence-corrected chi connectivity index (χ4v) is 1.22. The van der Waals surface area contributed by atoms with Gasteiger partial charge in [0.15, 0.2) is 6.35 Å². The number of ether oxygens (including phenoxy) is 1. The van der Waals surface area contributed by atoms with E-state index in [9.17, 15) is 9.36 Å². The molecule has 1 rings (SSSR count). The number of esters is 1. The van der Waals surface area contributed by atoms with Crippen LogP contribution in [-0.2, 0) is 14.1 Å². The maximum absolute atomic E-state index is 11.0. The van der Waals surface area contributed by atoms with Crippen LogP contribution in [0.3, 0.4) is 0 Å². The normalized spacial score (nSPS) is 11.6. The van der Waals surface area contributed by atoms with Crippen LogP contribution in [0.4, 0.5) is 0 Å². The highest BCUT2D eigenvalue weighted by molar-refractivity contribution is 7.51. The van der Waals surface area contributed by atoms with Gasteiger partial charge in [0.1, 0.15) is 0 Å². The number of carbonyl (C=O) groups is 1. The molecule has 0 saturated heterocycles. The van der Waals surface area contributed by atoms with Crippen molar-refractivity contribution in [2.75, 3.05) is 6.35 Å². The van der Waals surface area contributed by atoms with Crippen LogP contribution in [-0.4, -0.2) is 22.1 Å². The molecule has 16 heavy (non-hydrogen) atoms. The first-order valence-corrected chi connectivity index (χ1v) is 6.21. The Labute approximate surface area is 92.5 Å². The summed E-state index contributed by atoms with van der Waals surface area (Å²) in [5, 5.41) is 0. The standard InChI is InChI=1S/C10H11O5P/c11-10(15-8-16(12,13)14)7-6-9-4-2-1-3-5-9/h1-7H,8H2,(H2,12,13,14). The third kappa shape index (κ3) is 5.46. The molecule has 0 aromatic heterocycles. The van der Waals surface area contributed by atoms with Crippen LogP contribution in [0.25, 0.3) is 6.08 Å². The Morgan fingerprint density at radius 2 is 1.94 bits per heavy atom. The lowest BCUT2D eigenvalue weighted by Crippen LogP contribution is -2.02. The maximum atomic E-state index is 11.0. The number of hydrogen-bond acceptors (Lipinski definition) is 3. The molecule has 0 amide bonds. The molecule has 0 fully saturated rings. The fourth-order valence-electron chi connectivity index (χ4n) is 0.924. The first-order chi connectivity index (χ1) is 7.47. The quantitative estimate of drug-likeness (QED) is 0.473. The molecule has 0 spiro atoms. The summed E-state index contributed by atoms with van der Waals surface area (Å²) < 4.78 is 14.7. The largest absolute Gasteiger partial charge is 0.450 e. The molecule has 6 heteroatoms. The van der Waals surface area contributed by atoms with E-state index in [1.165, 1.54) is 6.08 Å². The lowest BCUT2D eigenvalue weighted by Gasteiger charge is -2.02. The van der Waals surface area contributed by atoms with E-state index < -0.39 is 19.9 Å². The Morgan fingerprint density at radius 3 is 2.50 bits per heavy atom. The second-order valence-corrected chi connectivity index (χ2v) is 4.59. The molecule has 0 unspecified atom stereocenters. The molecule has 0 heterocycles. The van der Waals surface area contributed by atoms with Gasteiger partial charge in [0.2, 0.25) is 0 Å². The molecule has 0 aliphatic rings. The predicted molar refractivity (Wildman–Crippen MR) is 58.5 cm³/mol. The van der Waals surface area contributed by atoms with E-state index in [0.717, 1.165) is 11.6 Å². The zero-order valence-electron chi connectivity index (χ0n) is 8.31. The van der Waals surface area contributed by atoms with E-state index in [1.807, 2.05) is 6.07 Å². The molecular formula is C10H11O5P. The number of carbonyl (C=O) groups excluding carboxylic acids is 1. The molecular weight excluding hydrogens is 231 g/mol. The van der Waals surface area contributed by atoms with E-state index >= 15 is 0 Å². The van der Waals surface area contributed by atoms with Crippen LogP contribution < -0.4 is 0 Å². The summed E-state index contributed by atoms with van der Waals surface area (Å²) in [6.07, 6.45) is 1.72. The number of rotatable bonds is 4. The summed E-state index contributed by atoms with van der Waals surface area (Å²) >= 11 is 0. The first-order valence-electron chi connectivity index (χ1n) is 4.42. The molecule has 1 aromatic carbocycles. The van der Waals surface area contributed by atoms with Crippen molar-refractivity contribution in [3.63, 3.8) is 0 Å². The third-order valence-electron chi connectivity index (χ3n) is 1.59. The minimum Gasteiger partial charge on any atom is -0.450 e. The minimum atomic E-state index is -4.29. The van der Waals surface area contributed by atoms with E-state index in [-0.39, 0.29) is 0 Å². The van der Waals surface area contributed by atoms with Gasteiger partial charge in [0.05, 0.1) is 0 Å². The SMILES string of the molecule is O=C(C=Cc1ccccc1)OCP(=O)(O)O. The first kappa shape index (κ1) is 12.6. The third-order valence-corrected chi connectivity index (χ3v) is 2.05. The summed E-state index contributed by atoms with van der Waals surface area (Å²) in [5.41, 5.74) is 0.802. The van der Waals surface area contributed by atoms with Crippen molar-refractivity contribution in [1.29, 1.82) is 0 Å². The van der Waals surface area contributed by atoms with Crippen LogP contribution in [0.15, 0.2) is 36.4 Å². The van der Waals surface area contributed by atoms with Gasteiger partial charge >= 0.3 is 13.6 Å². The van der Waals surface area contributed by atoms with Crippen molar-refractivity contribution < 1.29 is 23.9 Å². The van der Waals surface area contributed by atoms with Gasteiger partial charge in [-0.05, 0) is 11.6 Å². The molecule has 0 aliphatic heterocycles. The monoisotopic (exact) mass is 242 g/mol. The lowest BCUT2D eigenvalue weighted by atomic mass is 10.2. The van der Waals surface area contributed by atoms with Gasteiger partial charge in [0, 0.05) is 6.08 Å². The highest BCUT2D eigenvalue weighted by atomic mass is 31.2. The Hall–Kier alpha value is -1.42. The molecule has 2 N–H and O–H groups in total. The highest BCUT2D eigenvalue weighted by Crippen LogP contribution is 2.33. The average Bonchev–Trinajstić information content (AvgIpc) is 2.24. The molecule has 86 valence electrons. The van der Waals surface area contributed by atoms with Crippen molar-refractivity contribution in [3.8, 4) is 0 Å². The Kier molecular flexibility index (Phi) is 4.43. The molecule has 1 aromatic rings. The molecule has 0 radical (unpaired) electrons. The Morgan fingerprint density at radius 1 is 1.31 bits per heavy atom. The van der Waals surface area contributed by atoms with Crippen molar-refractivity contribution in [2.45, 2.75) is 0 Å². The van der Waals surface area contributed by atoms with Gasteiger partial charge in [-0.25, -0.2) is 4.79 Å². The zero-order chi connectivity index (χ0) is 12.0. The van der Waals surface area contributed by atoms with Gasteiger partial charge in [0.25, 0.3) is 0 Å². The summed E-state index contributed by atoms with van der Waals surface area (Å²) in [5.74, 6) is -0.785. The zero-order valence-corrected chi connectivity index (χ0v) is 9.21. The maximum Gasteiger partial charge on any atom is 0.362 e. The molecule has 0 atom stereocenters. The minimum absolute atomic E-state index is 0.785. The molecule has 0 saturated carbocycles. The second-order valence-electron chi connectivity index (χ2n) is 3.00. The van der Waals surface area contributed by atoms with E-state index in [0.29, 0.717) is 0 Å². The van der Waals surface area contributed by atoms with Gasteiger partial charge in [-0.15, -0.1) is 0 Å². The van der Waals surface area contributed by atoms with E-state index in [4.69, 9.17) is 9.79 Å².